The van der Waals surface area contributed by atoms with Gasteiger partial charge in [0.15, 0.2) is 11.5 Å². The number of piperidine rings is 1. The minimum Gasteiger partial charge on any atom is -0.493 e. The largest absolute Gasteiger partial charge is 0.493 e. The molecule has 3 rings (SSSR count). The molecular formula is C17H24ClNO2. The second-order valence-electron chi connectivity index (χ2n) is 6.23. The van der Waals surface area contributed by atoms with Gasteiger partial charge in [0.25, 0.3) is 0 Å². The van der Waals surface area contributed by atoms with Crippen molar-refractivity contribution in [2.45, 2.75) is 32.1 Å². The Hall–Kier alpha value is -0.930. The van der Waals surface area contributed by atoms with Crippen LogP contribution in [0.2, 0.25) is 5.02 Å². The predicted octanol–water partition coefficient (Wildman–Crippen LogP) is 3.68. The fourth-order valence-electron chi connectivity index (χ4n) is 2.96. The molecule has 2 aliphatic rings. The zero-order valence-corrected chi connectivity index (χ0v) is 13.4. The summed E-state index contributed by atoms with van der Waals surface area (Å²) in [6.45, 7) is 2.98. The van der Waals surface area contributed by atoms with E-state index in [0.717, 1.165) is 54.1 Å². The van der Waals surface area contributed by atoms with E-state index in [9.17, 15) is 0 Å². The van der Waals surface area contributed by atoms with Gasteiger partial charge in [0.05, 0.1) is 13.7 Å². The fourth-order valence-corrected chi connectivity index (χ4v) is 3.19. The van der Waals surface area contributed by atoms with Crippen molar-refractivity contribution >= 4 is 11.6 Å². The average Bonchev–Trinajstić information content (AvgIpc) is 3.33. The van der Waals surface area contributed by atoms with Crippen LogP contribution in [0.4, 0.5) is 0 Å². The summed E-state index contributed by atoms with van der Waals surface area (Å²) in [5.74, 6) is 3.02. The van der Waals surface area contributed by atoms with Gasteiger partial charge in [-0.3, -0.25) is 0 Å². The van der Waals surface area contributed by atoms with E-state index in [1.54, 1.807) is 7.11 Å². The Morgan fingerprint density at radius 2 is 2.10 bits per heavy atom. The first-order valence-electron chi connectivity index (χ1n) is 7.96. The van der Waals surface area contributed by atoms with Crippen molar-refractivity contribution in [3.05, 3.63) is 22.7 Å². The molecule has 0 aromatic heterocycles. The maximum atomic E-state index is 6.45. The number of ether oxygens (including phenoxy) is 2. The predicted molar refractivity (Wildman–Crippen MR) is 85.5 cm³/mol. The number of hydrogen-bond donors (Lipinski definition) is 1. The van der Waals surface area contributed by atoms with Crippen molar-refractivity contribution in [1.29, 1.82) is 0 Å². The molecule has 1 saturated carbocycles. The smallest absolute Gasteiger partial charge is 0.165 e. The maximum Gasteiger partial charge on any atom is 0.165 e. The molecule has 0 bridgehead atoms. The quantitative estimate of drug-likeness (QED) is 0.869. The van der Waals surface area contributed by atoms with E-state index < -0.39 is 0 Å². The number of halogens is 1. The highest BCUT2D eigenvalue weighted by atomic mass is 35.5. The van der Waals surface area contributed by atoms with Gasteiger partial charge in [0.1, 0.15) is 0 Å². The molecule has 0 spiro atoms. The van der Waals surface area contributed by atoms with Crippen molar-refractivity contribution < 1.29 is 9.47 Å². The van der Waals surface area contributed by atoms with Crippen molar-refractivity contribution in [1.82, 2.24) is 5.32 Å². The van der Waals surface area contributed by atoms with E-state index >= 15 is 0 Å². The Morgan fingerprint density at radius 3 is 2.76 bits per heavy atom. The lowest BCUT2D eigenvalue weighted by Crippen LogP contribution is -2.31. The van der Waals surface area contributed by atoms with Crippen molar-refractivity contribution in [2.24, 2.45) is 11.8 Å². The fraction of sp³-hybridized carbons (Fsp3) is 0.647. The minimum absolute atomic E-state index is 0.631. The standard InChI is InChI=1S/C17H24ClNO2/c1-20-16-7-6-15(18)14(9-13-3-2-8-19-10-13)17(16)21-11-12-4-5-12/h6-7,12-13,19H,2-5,8-11H2,1H3. The molecule has 1 atom stereocenters. The summed E-state index contributed by atoms with van der Waals surface area (Å²) in [6, 6.07) is 3.84. The monoisotopic (exact) mass is 309 g/mol. The highest BCUT2D eigenvalue weighted by molar-refractivity contribution is 6.31. The summed E-state index contributed by atoms with van der Waals surface area (Å²) in [4.78, 5) is 0. The summed E-state index contributed by atoms with van der Waals surface area (Å²) in [5.41, 5.74) is 1.12. The molecule has 0 radical (unpaired) electrons. The van der Waals surface area contributed by atoms with Gasteiger partial charge in [-0.15, -0.1) is 0 Å². The number of rotatable bonds is 6. The molecule has 1 heterocycles. The summed E-state index contributed by atoms with van der Waals surface area (Å²) in [6.07, 6.45) is 6.02. The molecule has 1 unspecified atom stereocenters. The van der Waals surface area contributed by atoms with Gasteiger partial charge in [-0.2, -0.15) is 0 Å². The molecule has 3 nitrogen and oxygen atoms in total. The topological polar surface area (TPSA) is 30.5 Å². The number of benzene rings is 1. The van der Waals surface area contributed by atoms with E-state index in [0.29, 0.717) is 5.92 Å². The lowest BCUT2D eigenvalue weighted by atomic mass is 9.92. The van der Waals surface area contributed by atoms with Crippen molar-refractivity contribution in [3.8, 4) is 11.5 Å². The molecular weight excluding hydrogens is 286 g/mol. The van der Waals surface area contributed by atoms with Crippen LogP contribution in [-0.4, -0.2) is 26.8 Å². The summed E-state index contributed by atoms with van der Waals surface area (Å²) >= 11 is 6.45. The third kappa shape index (κ3) is 3.83. The molecule has 0 amide bonds. The first-order chi connectivity index (χ1) is 10.3. The lowest BCUT2D eigenvalue weighted by Gasteiger charge is -2.25. The van der Waals surface area contributed by atoms with Crippen LogP contribution in [-0.2, 0) is 6.42 Å². The summed E-state index contributed by atoms with van der Waals surface area (Å²) in [7, 11) is 1.69. The zero-order chi connectivity index (χ0) is 14.7. The van der Waals surface area contributed by atoms with Crippen LogP contribution in [0.1, 0.15) is 31.2 Å². The Morgan fingerprint density at radius 1 is 1.24 bits per heavy atom. The molecule has 1 aliphatic heterocycles. The van der Waals surface area contributed by atoms with Gasteiger partial charge in [0, 0.05) is 10.6 Å². The SMILES string of the molecule is COc1ccc(Cl)c(CC2CCCNC2)c1OCC1CC1. The van der Waals surface area contributed by atoms with Gasteiger partial charge in [-0.25, -0.2) is 0 Å². The van der Waals surface area contributed by atoms with Crippen molar-refractivity contribution in [3.63, 3.8) is 0 Å². The van der Waals surface area contributed by atoms with Crippen LogP contribution in [0, 0.1) is 11.8 Å². The highest BCUT2D eigenvalue weighted by Gasteiger charge is 2.25. The first kappa shape index (κ1) is 15.0. The molecule has 1 aromatic carbocycles. The van der Waals surface area contributed by atoms with Gasteiger partial charge in [-0.05, 0) is 69.2 Å². The van der Waals surface area contributed by atoms with E-state index in [1.165, 1.54) is 25.7 Å². The Kier molecular flexibility index (Phi) is 4.91. The Labute approximate surface area is 132 Å². The van der Waals surface area contributed by atoms with E-state index in [-0.39, 0.29) is 0 Å². The van der Waals surface area contributed by atoms with Crippen LogP contribution >= 0.6 is 11.6 Å². The van der Waals surface area contributed by atoms with Gasteiger partial charge >= 0.3 is 0 Å². The molecule has 116 valence electrons. The third-order valence-electron chi connectivity index (χ3n) is 4.44. The number of nitrogens with one attached hydrogen (secondary N) is 1. The molecule has 2 fully saturated rings. The zero-order valence-electron chi connectivity index (χ0n) is 12.7. The lowest BCUT2D eigenvalue weighted by molar-refractivity contribution is 0.274. The molecule has 1 aliphatic carbocycles. The maximum absolute atomic E-state index is 6.45. The van der Waals surface area contributed by atoms with Crippen molar-refractivity contribution in [2.75, 3.05) is 26.8 Å². The van der Waals surface area contributed by atoms with Crippen LogP contribution in [0.5, 0.6) is 11.5 Å². The van der Waals surface area contributed by atoms with Gasteiger partial charge in [0.2, 0.25) is 0 Å². The third-order valence-corrected chi connectivity index (χ3v) is 4.79. The molecule has 21 heavy (non-hydrogen) atoms. The molecule has 1 saturated heterocycles. The molecule has 1 N–H and O–H groups in total. The average molecular weight is 310 g/mol. The van der Waals surface area contributed by atoms with E-state index in [1.807, 2.05) is 12.1 Å². The number of hydrogen-bond acceptors (Lipinski definition) is 3. The molecule has 4 heteroatoms. The van der Waals surface area contributed by atoms with E-state index in [4.69, 9.17) is 21.1 Å². The van der Waals surface area contributed by atoms with Crippen LogP contribution in [0.15, 0.2) is 12.1 Å². The first-order valence-corrected chi connectivity index (χ1v) is 8.34. The summed E-state index contributed by atoms with van der Waals surface area (Å²) in [5, 5.41) is 4.27. The Bertz CT molecular complexity index is 482. The number of methoxy groups -OCH3 is 1. The molecule has 1 aromatic rings. The van der Waals surface area contributed by atoms with Crippen LogP contribution in [0.3, 0.4) is 0 Å². The van der Waals surface area contributed by atoms with Gasteiger partial charge in [-0.1, -0.05) is 11.6 Å². The second kappa shape index (κ2) is 6.89. The van der Waals surface area contributed by atoms with Crippen LogP contribution in [0.25, 0.3) is 0 Å². The van der Waals surface area contributed by atoms with Gasteiger partial charge < -0.3 is 14.8 Å². The highest BCUT2D eigenvalue weighted by Crippen LogP contribution is 2.40. The second-order valence-corrected chi connectivity index (χ2v) is 6.64. The minimum atomic E-state index is 0.631. The van der Waals surface area contributed by atoms with Crippen LogP contribution < -0.4 is 14.8 Å². The van der Waals surface area contributed by atoms with E-state index in [2.05, 4.69) is 5.32 Å². The Balaban J connectivity index is 1.80. The summed E-state index contributed by atoms with van der Waals surface area (Å²) < 4.78 is 11.6. The normalized spacial score (nSPS) is 22.1.